The van der Waals surface area contributed by atoms with Crippen LogP contribution < -0.4 is 9.47 Å². The van der Waals surface area contributed by atoms with Crippen molar-refractivity contribution in [2.24, 2.45) is 0 Å². The first-order valence-corrected chi connectivity index (χ1v) is 5.91. The van der Waals surface area contributed by atoms with E-state index in [1.807, 2.05) is 24.3 Å². The van der Waals surface area contributed by atoms with Crippen LogP contribution in [0.25, 0.3) is 11.3 Å². The van der Waals surface area contributed by atoms with E-state index >= 15 is 0 Å². The molecule has 0 saturated heterocycles. The predicted molar refractivity (Wildman–Crippen MR) is 69.9 cm³/mol. The summed E-state index contributed by atoms with van der Waals surface area (Å²) in [5, 5.41) is 0. The van der Waals surface area contributed by atoms with Gasteiger partial charge in [0.2, 0.25) is 0 Å². The molecule has 0 unspecified atom stereocenters. The van der Waals surface area contributed by atoms with E-state index in [9.17, 15) is 4.79 Å². The Morgan fingerprint density at radius 1 is 1.21 bits per heavy atom. The number of hydrogen-bond donors (Lipinski definition) is 0. The topological polar surface area (TPSA) is 61.3 Å². The van der Waals surface area contributed by atoms with Gasteiger partial charge in [0.05, 0.1) is 12.8 Å². The molecular formula is C14H14N2O3. The molecule has 0 radical (unpaired) electrons. The highest BCUT2D eigenvalue weighted by Crippen LogP contribution is 2.21. The van der Waals surface area contributed by atoms with E-state index in [1.54, 1.807) is 26.3 Å². The van der Waals surface area contributed by atoms with Crippen molar-refractivity contribution in [3.63, 3.8) is 0 Å². The molecular weight excluding hydrogens is 244 g/mol. The average Bonchev–Trinajstić information content (AvgIpc) is 2.47. The van der Waals surface area contributed by atoms with E-state index in [2.05, 4.69) is 9.97 Å². The fourth-order valence-electron chi connectivity index (χ4n) is 1.49. The highest BCUT2D eigenvalue weighted by molar-refractivity contribution is 5.71. The Morgan fingerprint density at radius 3 is 2.58 bits per heavy atom. The molecule has 1 aromatic heterocycles. The normalized spacial score (nSPS) is 10.0. The van der Waals surface area contributed by atoms with Crippen LogP contribution in [-0.2, 0) is 4.79 Å². The summed E-state index contributed by atoms with van der Waals surface area (Å²) in [5.74, 6) is 0.419. The maximum Gasteiger partial charge on any atom is 0.324 e. The first-order valence-electron chi connectivity index (χ1n) is 5.91. The first-order chi connectivity index (χ1) is 9.22. The predicted octanol–water partition coefficient (Wildman–Crippen LogP) is 2.47. The Morgan fingerprint density at radius 2 is 1.95 bits per heavy atom. The summed E-state index contributed by atoms with van der Waals surface area (Å²) in [6.07, 6.45) is 1.85. The smallest absolute Gasteiger partial charge is 0.324 e. The highest BCUT2D eigenvalue weighted by Gasteiger charge is 2.07. The maximum absolute atomic E-state index is 11.2. The van der Waals surface area contributed by atoms with Crippen molar-refractivity contribution in [1.29, 1.82) is 0 Å². The van der Waals surface area contributed by atoms with Crippen LogP contribution in [0.4, 0.5) is 0 Å². The molecule has 2 rings (SSSR count). The van der Waals surface area contributed by atoms with E-state index in [4.69, 9.17) is 9.47 Å². The first kappa shape index (κ1) is 13.0. The van der Waals surface area contributed by atoms with Crippen molar-refractivity contribution in [2.45, 2.75) is 13.3 Å². The maximum atomic E-state index is 11.2. The molecule has 0 bridgehead atoms. The van der Waals surface area contributed by atoms with Crippen molar-refractivity contribution in [3.8, 4) is 23.0 Å². The highest BCUT2D eigenvalue weighted by atomic mass is 16.5. The molecule has 5 nitrogen and oxygen atoms in total. The summed E-state index contributed by atoms with van der Waals surface area (Å²) in [6, 6.07) is 9.27. The molecule has 0 aliphatic carbocycles. The molecule has 0 saturated carbocycles. The summed E-state index contributed by atoms with van der Waals surface area (Å²) in [4.78, 5) is 19.3. The molecule has 19 heavy (non-hydrogen) atoms. The fourth-order valence-corrected chi connectivity index (χ4v) is 1.49. The zero-order valence-corrected chi connectivity index (χ0v) is 10.8. The average molecular weight is 258 g/mol. The van der Waals surface area contributed by atoms with Crippen molar-refractivity contribution < 1.29 is 14.3 Å². The van der Waals surface area contributed by atoms with Gasteiger partial charge < -0.3 is 9.47 Å². The number of carbonyl (C=O) groups excluding carboxylic acids is 1. The molecule has 0 N–H and O–H groups in total. The van der Waals surface area contributed by atoms with Gasteiger partial charge in [-0.15, -0.1) is 0 Å². The molecule has 98 valence electrons. The van der Waals surface area contributed by atoms with Crippen LogP contribution in [0.5, 0.6) is 11.8 Å². The minimum atomic E-state index is -0.355. The Balaban J connectivity index is 2.24. The summed E-state index contributed by atoms with van der Waals surface area (Å²) in [6.45, 7) is 1.72. The molecule has 1 aromatic carbocycles. The Bertz CT molecular complexity index is 567. The molecule has 1 heterocycles. The minimum Gasteiger partial charge on any atom is -0.497 e. The van der Waals surface area contributed by atoms with E-state index in [0.717, 1.165) is 11.3 Å². The number of methoxy groups -OCH3 is 1. The molecule has 2 aromatic rings. The van der Waals surface area contributed by atoms with Gasteiger partial charge in [-0.2, -0.15) is 4.98 Å². The molecule has 5 heteroatoms. The second-order valence-corrected chi connectivity index (χ2v) is 3.78. The lowest BCUT2D eigenvalue weighted by Gasteiger charge is -2.05. The lowest BCUT2D eigenvalue weighted by Crippen LogP contribution is -2.08. The number of hydrogen-bond acceptors (Lipinski definition) is 5. The summed E-state index contributed by atoms with van der Waals surface area (Å²) in [7, 11) is 1.61. The van der Waals surface area contributed by atoms with Crippen molar-refractivity contribution in [1.82, 2.24) is 9.97 Å². The number of carbonyl (C=O) groups is 1. The zero-order valence-electron chi connectivity index (χ0n) is 10.8. The van der Waals surface area contributed by atoms with E-state index in [0.29, 0.717) is 5.69 Å². The lowest BCUT2D eigenvalue weighted by molar-refractivity contribution is -0.134. The van der Waals surface area contributed by atoms with Crippen LogP contribution in [0, 0.1) is 0 Å². The quantitative estimate of drug-likeness (QED) is 0.788. The number of aromatic nitrogens is 2. The van der Waals surface area contributed by atoms with Gasteiger partial charge in [0.25, 0.3) is 0 Å². The van der Waals surface area contributed by atoms with Gasteiger partial charge >= 0.3 is 12.0 Å². The number of esters is 1. The summed E-state index contributed by atoms with van der Waals surface area (Å²) in [5.41, 5.74) is 1.59. The number of nitrogens with zero attached hydrogens (tertiary/aromatic N) is 2. The van der Waals surface area contributed by atoms with Gasteiger partial charge in [0, 0.05) is 18.2 Å². The third-order valence-corrected chi connectivity index (χ3v) is 2.51. The van der Waals surface area contributed by atoms with Gasteiger partial charge in [-0.25, -0.2) is 4.98 Å². The summed E-state index contributed by atoms with van der Waals surface area (Å²) >= 11 is 0. The van der Waals surface area contributed by atoms with Crippen LogP contribution in [0.2, 0.25) is 0 Å². The third kappa shape index (κ3) is 3.28. The van der Waals surface area contributed by atoms with Gasteiger partial charge in [-0.3, -0.25) is 4.79 Å². The van der Waals surface area contributed by atoms with Gasteiger partial charge in [-0.05, 0) is 30.3 Å². The fraction of sp³-hybridized carbons (Fsp3) is 0.214. The molecule has 0 fully saturated rings. The van der Waals surface area contributed by atoms with Gasteiger partial charge in [0.15, 0.2) is 0 Å². The second-order valence-electron chi connectivity index (χ2n) is 3.78. The molecule has 0 aliphatic rings. The zero-order chi connectivity index (χ0) is 13.7. The lowest BCUT2D eigenvalue weighted by atomic mass is 10.1. The van der Waals surface area contributed by atoms with Gasteiger partial charge in [0.1, 0.15) is 5.75 Å². The van der Waals surface area contributed by atoms with Crippen LogP contribution >= 0.6 is 0 Å². The summed E-state index contributed by atoms with van der Waals surface area (Å²) < 4.78 is 10.1. The third-order valence-electron chi connectivity index (χ3n) is 2.51. The Kier molecular flexibility index (Phi) is 4.07. The minimum absolute atomic E-state index is 0.0696. The van der Waals surface area contributed by atoms with E-state index < -0.39 is 0 Å². The van der Waals surface area contributed by atoms with Crippen molar-refractivity contribution >= 4 is 5.97 Å². The monoisotopic (exact) mass is 258 g/mol. The molecule has 0 amide bonds. The number of benzene rings is 1. The van der Waals surface area contributed by atoms with Crippen molar-refractivity contribution in [2.75, 3.05) is 7.11 Å². The molecule has 0 aliphatic heterocycles. The van der Waals surface area contributed by atoms with Crippen LogP contribution in [-0.4, -0.2) is 23.0 Å². The van der Waals surface area contributed by atoms with Crippen molar-refractivity contribution in [3.05, 3.63) is 36.5 Å². The largest absolute Gasteiger partial charge is 0.497 e. The number of rotatable bonds is 4. The standard InChI is InChI=1S/C14H14N2O3/c1-3-13(17)19-14-15-9-8-12(16-14)10-4-6-11(18-2)7-5-10/h4-9H,3H2,1-2H3. The SMILES string of the molecule is CCC(=O)Oc1nccc(-c2ccc(OC)cc2)n1. The number of ether oxygens (including phenoxy) is 2. The second kappa shape index (κ2) is 5.95. The van der Waals surface area contributed by atoms with Crippen LogP contribution in [0.15, 0.2) is 36.5 Å². The molecule has 0 atom stereocenters. The van der Waals surface area contributed by atoms with Crippen LogP contribution in [0.3, 0.4) is 0 Å². The Hall–Kier alpha value is -2.43. The molecule has 0 spiro atoms. The van der Waals surface area contributed by atoms with Gasteiger partial charge in [-0.1, -0.05) is 6.92 Å². The Labute approximate surface area is 111 Å². The van der Waals surface area contributed by atoms with Crippen LogP contribution in [0.1, 0.15) is 13.3 Å². The van der Waals surface area contributed by atoms with E-state index in [1.165, 1.54) is 0 Å². The van der Waals surface area contributed by atoms with E-state index in [-0.39, 0.29) is 18.4 Å².